The molecule has 0 unspecified atom stereocenters. The van der Waals surface area contributed by atoms with Crippen LogP contribution in [0.3, 0.4) is 0 Å². The van der Waals surface area contributed by atoms with Crippen molar-refractivity contribution < 1.29 is 19.8 Å². The molecule has 18 heavy (non-hydrogen) atoms. The van der Waals surface area contributed by atoms with Crippen LogP contribution in [0, 0.1) is 0 Å². The maximum atomic E-state index is 11.5. The highest BCUT2D eigenvalue weighted by Crippen LogP contribution is 2.13. The Morgan fingerprint density at radius 1 is 1.28 bits per heavy atom. The molecule has 2 amide bonds. The quantitative estimate of drug-likeness (QED) is 0.675. The van der Waals surface area contributed by atoms with Crippen molar-refractivity contribution in [3.63, 3.8) is 0 Å². The molecule has 98 valence electrons. The number of rotatable bonds is 4. The molecule has 6 nitrogen and oxygen atoms in total. The molecular formula is C11H13BrN2O4. The zero-order valence-electron chi connectivity index (χ0n) is 9.55. The smallest absolute Gasteiger partial charge is 0.328 e. The average Bonchev–Trinajstić information content (AvgIpc) is 2.28. The summed E-state index contributed by atoms with van der Waals surface area (Å²) >= 11 is 3.25. The molecule has 1 aromatic carbocycles. The second kappa shape index (κ2) is 6.36. The van der Waals surface area contributed by atoms with Crippen LogP contribution >= 0.6 is 15.9 Å². The van der Waals surface area contributed by atoms with Crippen LogP contribution < -0.4 is 10.6 Å². The number of halogens is 1. The number of carbonyl (C=O) groups excluding carboxylic acids is 1. The van der Waals surface area contributed by atoms with E-state index in [0.29, 0.717) is 5.69 Å². The Kier molecular flexibility index (Phi) is 5.11. The predicted octanol–water partition coefficient (Wildman–Crippen LogP) is 1.40. The predicted molar refractivity (Wildman–Crippen MR) is 69.4 cm³/mol. The Bertz CT molecular complexity index is 433. The molecule has 0 aromatic heterocycles. The lowest BCUT2D eigenvalue weighted by Gasteiger charge is -2.17. The summed E-state index contributed by atoms with van der Waals surface area (Å²) in [7, 11) is 0. The van der Waals surface area contributed by atoms with E-state index in [1.807, 2.05) is 0 Å². The zero-order valence-corrected chi connectivity index (χ0v) is 11.1. The van der Waals surface area contributed by atoms with Crippen molar-refractivity contribution in [2.45, 2.75) is 19.1 Å². The van der Waals surface area contributed by atoms with Crippen LogP contribution in [-0.2, 0) is 4.79 Å². The van der Waals surface area contributed by atoms with E-state index in [2.05, 4.69) is 26.6 Å². The second-order valence-electron chi connectivity index (χ2n) is 3.66. The lowest BCUT2D eigenvalue weighted by Crippen LogP contribution is -2.49. The Morgan fingerprint density at radius 3 is 2.28 bits per heavy atom. The highest BCUT2D eigenvalue weighted by atomic mass is 79.9. The van der Waals surface area contributed by atoms with Gasteiger partial charge in [0.15, 0.2) is 6.04 Å². The fourth-order valence-corrected chi connectivity index (χ4v) is 1.49. The number of nitrogens with one attached hydrogen (secondary N) is 2. The maximum absolute atomic E-state index is 11.5. The van der Waals surface area contributed by atoms with Crippen LogP contribution in [0.5, 0.6) is 0 Å². The monoisotopic (exact) mass is 316 g/mol. The Morgan fingerprint density at radius 2 is 1.83 bits per heavy atom. The van der Waals surface area contributed by atoms with Gasteiger partial charge in [0.2, 0.25) is 0 Å². The first-order valence-corrected chi connectivity index (χ1v) is 5.93. The van der Waals surface area contributed by atoms with Gasteiger partial charge in [0.25, 0.3) is 0 Å². The summed E-state index contributed by atoms with van der Waals surface area (Å²) in [5.74, 6) is -1.30. The third kappa shape index (κ3) is 4.34. The van der Waals surface area contributed by atoms with Gasteiger partial charge in [0, 0.05) is 10.2 Å². The van der Waals surface area contributed by atoms with Crippen molar-refractivity contribution in [3.8, 4) is 0 Å². The number of urea groups is 1. The molecular weight excluding hydrogens is 304 g/mol. The molecule has 0 heterocycles. The van der Waals surface area contributed by atoms with Gasteiger partial charge in [-0.1, -0.05) is 15.9 Å². The molecule has 0 aliphatic heterocycles. The second-order valence-corrected chi connectivity index (χ2v) is 4.58. The number of amides is 2. The molecule has 0 aliphatic carbocycles. The van der Waals surface area contributed by atoms with Crippen LogP contribution in [0.2, 0.25) is 0 Å². The average molecular weight is 317 g/mol. The van der Waals surface area contributed by atoms with Crippen molar-refractivity contribution in [3.05, 3.63) is 28.7 Å². The first kappa shape index (κ1) is 14.5. The number of carboxylic acids is 1. The van der Waals surface area contributed by atoms with Gasteiger partial charge < -0.3 is 20.8 Å². The fourth-order valence-electron chi connectivity index (χ4n) is 1.23. The van der Waals surface area contributed by atoms with Gasteiger partial charge in [0.1, 0.15) is 0 Å². The van der Waals surface area contributed by atoms with E-state index in [1.165, 1.54) is 6.92 Å². The van der Waals surface area contributed by atoms with Crippen LogP contribution in [0.25, 0.3) is 0 Å². The number of aliphatic hydroxyl groups excluding tert-OH is 1. The summed E-state index contributed by atoms with van der Waals surface area (Å²) in [6.45, 7) is 1.29. The standard InChI is InChI=1S/C11H13BrN2O4/c1-6(15)9(10(16)17)14-11(18)13-8-4-2-7(12)3-5-8/h2-6,9,15H,1H3,(H,16,17)(H2,13,14,18)/t6-,9+/m1/s1. The number of benzene rings is 1. The minimum Gasteiger partial charge on any atom is -0.480 e. The van der Waals surface area contributed by atoms with Gasteiger partial charge in [-0.3, -0.25) is 0 Å². The normalized spacial score (nSPS) is 13.5. The molecule has 1 aromatic rings. The molecule has 0 bridgehead atoms. The van der Waals surface area contributed by atoms with Crippen molar-refractivity contribution in [1.29, 1.82) is 0 Å². The van der Waals surface area contributed by atoms with Gasteiger partial charge in [-0.15, -0.1) is 0 Å². The zero-order chi connectivity index (χ0) is 13.7. The van der Waals surface area contributed by atoms with E-state index in [9.17, 15) is 14.7 Å². The Labute approximate surface area is 112 Å². The Balaban J connectivity index is 2.60. The number of hydrogen-bond acceptors (Lipinski definition) is 3. The third-order valence-electron chi connectivity index (χ3n) is 2.14. The van der Waals surface area contributed by atoms with E-state index in [1.54, 1.807) is 24.3 Å². The highest BCUT2D eigenvalue weighted by Gasteiger charge is 2.24. The highest BCUT2D eigenvalue weighted by molar-refractivity contribution is 9.10. The molecule has 0 saturated carbocycles. The summed E-state index contributed by atoms with van der Waals surface area (Å²) in [6.07, 6.45) is -1.18. The lowest BCUT2D eigenvalue weighted by atomic mass is 10.2. The van der Waals surface area contributed by atoms with Crippen LogP contribution in [0.15, 0.2) is 28.7 Å². The molecule has 0 spiro atoms. The van der Waals surface area contributed by atoms with Gasteiger partial charge in [-0.05, 0) is 31.2 Å². The van der Waals surface area contributed by atoms with Crippen molar-refractivity contribution in [1.82, 2.24) is 5.32 Å². The summed E-state index contributed by atoms with van der Waals surface area (Å²) in [6, 6.07) is 4.74. The first-order valence-electron chi connectivity index (χ1n) is 5.14. The molecule has 2 atom stereocenters. The fraction of sp³-hybridized carbons (Fsp3) is 0.273. The van der Waals surface area contributed by atoms with E-state index in [0.717, 1.165) is 4.47 Å². The van der Waals surface area contributed by atoms with Crippen molar-refractivity contribution in [2.75, 3.05) is 5.32 Å². The van der Waals surface area contributed by atoms with Crippen LogP contribution in [0.1, 0.15) is 6.92 Å². The SMILES string of the molecule is C[C@@H](O)[C@H](NC(=O)Nc1ccc(Br)cc1)C(=O)O. The van der Waals surface area contributed by atoms with E-state index >= 15 is 0 Å². The molecule has 7 heteroatoms. The number of aliphatic carboxylic acids is 1. The first-order chi connectivity index (χ1) is 8.40. The number of hydrogen-bond donors (Lipinski definition) is 4. The van der Waals surface area contributed by atoms with Crippen molar-refractivity contribution >= 4 is 33.6 Å². The maximum Gasteiger partial charge on any atom is 0.328 e. The van der Waals surface area contributed by atoms with Crippen LogP contribution in [0.4, 0.5) is 10.5 Å². The summed E-state index contributed by atoms with van der Waals surface area (Å²) < 4.78 is 0.862. The van der Waals surface area contributed by atoms with Crippen molar-refractivity contribution in [2.24, 2.45) is 0 Å². The largest absolute Gasteiger partial charge is 0.480 e. The minimum atomic E-state index is -1.35. The van der Waals surface area contributed by atoms with Gasteiger partial charge in [0.05, 0.1) is 6.10 Å². The number of aliphatic hydroxyl groups is 1. The number of carboxylic acid groups (broad SMARTS) is 1. The minimum absolute atomic E-state index is 0.519. The summed E-state index contributed by atoms with van der Waals surface area (Å²) in [5.41, 5.74) is 0.519. The summed E-state index contributed by atoms with van der Waals surface area (Å²) in [5, 5.41) is 22.6. The molecule has 0 saturated heterocycles. The third-order valence-corrected chi connectivity index (χ3v) is 2.67. The van der Waals surface area contributed by atoms with Gasteiger partial charge in [-0.2, -0.15) is 0 Å². The molecule has 0 fully saturated rings. The van der Waals surface area contributed by atoms with E-state index in [-0.39, 0.29) is 0 Å². The molecule has 1 rings (SSSR count). The summed E-state index contributed by atoms with van der Waals surface area (Å²) in [4.78, 5) is 22.3. The molecule has 0 radical (unpaired) electrons. The Hall–Kier alpha value is -1.60. The van der Waals surface area contributed by atoms with E-state index < -0.39 is 24.1 Å². The number of carbonyl (C=O) groups is 2. The van der Waals surface area contributed by atoms with Gasteiger partial charge >= 0.3 is 12.0 Å². The van der Waals surface area contributed by atoms with Crippen LogP contribution in [-0.4, -0.2) is 34.4 Å². The molecule has 4 N–H and O–H groups in total. The lowest BCUT2D eigenvalue weighted by molar-refractivity contribution is -0.141. The number of anilines is 1. The molecule has 0 aliphatic rings. The topological polar surface area (TPSA) is 98.7 Å². The van der Waals surface area contributed by atoms with Gasteiger partial charge in [-0.25, -0.2) is 9.59 Å². The van der Waals surface area contributed by atoms with E-state index in [4.69, 9.17) is 5.11 Å².